The van der Waals surface area contributed by atoms with Crippen LogP contribution in [0, 0.1) is 0 Å². The number of hydrogen-bond acceptors (Lipinski definition) is 5. The number of carbonyl (C=O) groups excluding carboxylic acids is 1. The number of ether oxygens (including phenoxy) is 1. The van der Waals surface area contributed by atoms with Gasteiger partial charge in [0.25, 0.3) is 5.91 Å². The van der Waals surface area contributed by atoms with Gasteiger partial charge in [-0.25, -0.2) is 4.98 Å². The van der Waals surface area contributed by atoms with Crippen LogP contribution in [0.3, 0.4) is 0 Å². The first-order valence-electron chi connectivity index (χ1n) is 6.64. The minimum absolute atomic E-state index is 0.159. The SMILES string of the molecule is CNc1cc(Oc2ccccc2C(N)=O)nc(C(C)C)n1. The maximum atomic E-state index is 11.4. The van der Waals surface area contributed by atoms with Gasteiger partial charge in [-0.2, -0.15) is 4.98 Å². The number of nitrogens with zero attached hydrogens (tertiary/aromatic N) is 2. The molecule has 0 atom stereocenters. The number of nitrogens with one attached hydrogen (secondary N) is 1. The highest BCUT2D eigenvalue weighted by Crippen LogP contribution is 2.26. The topological polar surface area (TPSA) is 90.1 Å². The quantitative estimate of drug-likeness (QED) is 0.881. The van der Waals surface area contributed by atoms with Gasteiger partial charge in [0, 0.05) is 19.0 Å². The molecule has 0 aliphatic carbocycles. The van der Waals surface area contributed by atoms with E-state index in [1.165, 1.54) is 0 Å². The van der Waals surface area contributed by atoms with Crippen LogP contribution in [0.1, 0.15) is 35.9 Å². The number of benzene rings is 1. The number of primary amides is 1. The fourth-order valence-electron chi connectivity index (χ4n) is 1.75. The Kier molecular flexibility index (Phi) is 4.37. The van der Waals surface area contributed by atoms with E-state index in [2.05, 4.69) is 15.3 Å². The number of rotatable bonds is 5. The molecule has 2 rings (SSSR count). The number of carbonyl (C=O) groups is 1. The summed E-state index contributed by atoms with van der Waals surface area (Å²) in [6.07, 6.45) is 0. The van der Waals surface area contributed by atoms with Crippen LogP contribution < -0.4 is 15.8 Å². The average molecular weight is 286 g/mol. The van der Waals surface area contributed by atoms with Crippen LogP contribution in [0.5, 0.6) is 11.6 Å². The summed E-state index contributed by atoms with van der Waals surface area (Å²) in [5, 5.41) is 2.96. The van der Waals surface area contributed by atoms with E-state index in [-0.39, 0.29) is 5.92 Å². The van der Waals surface area contributed by atoms with E-state index in [0.717, 1.165) is 0 Å². The van der Waals surface area contributed by atoms with Crippen molar-refractivity contribution in [2.75, 3.05) is 12.4 Å². The molecule has 0 fully saturated rings. The van der Waals surface area contributed by atoms with Gasteiger partial charge in [-0.15, -0.1) is 0 Å². The molecule has 0 aliphatic heterocycles. The van der Waals surface area contributed by atoms with Crippen molar-refractivity contribution >= 4 is 11.7 Å². The van der Waals surface area contributed by atoms with Gasteiger partial charge in [-0.05, 0) is 12.1 Å². The molecule has 6 heteroatoms. The molecular weight excluding hydrogens is 268 g/mol. The molecule has 0 spiro atoms. The molecule has 0 unspecified atom stereocenters. The zero-order valence-electron chi connectivity index (χ0n) is 12.3. The van der Waals surface area contributed by atoms with Gasteiger partial charge in [0.05, 0.1) is 5.56 Å². The molecule has 1 aromatic carbocycles. The van der Waals surface area contributed by atoms with E-state index < -0.39 is 5.91 Å². The second kappa shape index (κ2) is 6.21. The lowest BCUT2D eigenvalue weighted by Crippen LogP contribution is -2.12. The smallest absolute Gasteiger partial charge is 0.252 e. The van der Waals surface area contributed by atoms with Crippen molar-refractivity contribution in [3.05, 3.63) is 41.7 Å². The average Bonchev–Trinajstić information content (AvgIpc) is 2.47. The minimum Gasteiger partial charge on any atom is -0.438 e. The lowest BCUT2D eigenvalue weighted by molar-refractivity contribution is 0.0998. The first kappa shape index (κ1) is 14.8. The summed E-state index contributed by atoms with van der Waals surface area (Å²) in [6, 6.07) is 8.46. The highest BCUT2D eigenvalue weighted by molar-refractivity contribution is 5.95. The molecule has 3 N–H and O–H groups in total. The second-order valence-electron chi connectivity index (χ2n) is 4.82. The second-order valence-corrected chi connectivity index (χ2v) is 4.82. The normalized spacial score (nSPS) is 10.5. The number of aromatic nitrogens is 2. The number of anilines is 1. The van der Waals surface area contributed by atoms with Crippen molar-refractivity contribution in [3.8, 4) is 11.6 Å². The Labute approximate surface area is 123 Å². The van der Waals surface area contributed by atoms with E-state index in [4.69, 9.17) is 10.5 Å². The standard InChI is InChI=1S/C15H18N4O2/c1-9(2)15-18-12(17-3)8-13(19-15)21-11-7-5-4-6-10(11)14(16)20/h4-9H,1-3H3,(H2,16,20)(H,17,18,19). The van der Waals surface area contributed by atoms with Crippen molar-refractivity contribution in [3.63, 3.8) is 0 Å². The Balaban J connectivity index is 2.40. The van der Waals surface area contributed by atoms with Crippen LogP contribution >= 0.6 is 0 Å². The summed E-state index contributed by atoms with van der Waals surface area (Å²) in [7, 11) is 1.77. The maximum Gasteiger partial charge on any atom is 0.252 e. The van der Waals surface area contributed by atoms with E-state index in [1.54, 1.807) is 37.4 Å². The molecule has 1 aromatic heterocycles. The summed E-state index contributed by atoms with van der Waals surface area (Å²) in [6.45, 7) is 3.99. The van der Waals surface area contributed by atoms with Crippen molar-refractivity contribution in [2.45, 2.75) is 19.8 Å². The highest BCUT2D eigenvalue weighted by atomic mass is 16.5. The summed E-state index contributed by atoms with van der Waals surface area (Å²) in [4.78, 5) is 20.1. The molecule has 2 aromatic rings. The molecule has 0 saturated carbocycles. The number of para-hydroxylation sites is 1. The van der Waals surface area contributed by atoms with Crippen LogP contribution in [0.15, 0.2) is 30.3 Å². The fraction of sp³-hybridized carbons (Fsp3) is 0.267. The van der Waals surface area contributed by atoms with E-state index in [0.29, 0.717) is 28.8 Å². The first-order chi connectivity index (χ1) is 10.0. The molecule has 6 nitrogen and oxygen atoms in total. The molecule has 110 valence electrons. The van der Waals surface area contributed by atoms with E-state index in [9.17, 15) is 4.79 Å². The van der Waals surface area contributed by atoms with Crippen LogP contribution in [0.2, 0.25) is 0 Å². The van der Waals surface area contributed by atoms with Crippen LogP contribution in [-0.2, 0) is 0 Å². The molecular formula is C15H18N4O2. The summed E-state index contributed by atoms with van der Waals surface area (Å²) < 4.78 is 5.71. The first-order valence-corrected chi connectivity index (χ1v) is 6.64. The molecule has 21 heavy (non-hydrogen) atoms. The monoisotopic (exact) mass is 286 g/mol. The lowest BCUT2D eigenvalue weighted by Gasteiger charge is -2.12. The van der Waals surface area contributed by atoms with Gasteiger partial charge in [-0.1, -0.05) is 26.0 Å². The Morgan fingerprint density at radius 1 is 1.29 bits per heavy atom. The number of amides is 1. The Morgan fingerprint density at radius 2 is 2.00 bits per heavy atom. The number of hydrogen-bond donors (Lipinski definition) is 2. The van der Waals surface area contributed by atoms with Gasteiger partial charge in [0.2, 0.25) is 5.88 Å². The third-order valence-electron chi connectivity index (χ3n) is 2.86. The zero-order valence-corrected chi connectivity index (χ0v) is 12.3. The third-order valence-corrected chi connectivity index (χ3v) is 2.86. The summed E-state index contributed by atoms with van der Waals surface area (Å²) >= 11 is 0. The molecule has 0 bridgehead atoms. The maximum absolute atomic E-state index is 11.4. The predicted molar refractivity (Wildman–Crippen MR) is 80.7 cm³/mol. The van der Waals surface area contributed by atoms with Crippen molar-refractivity contribution in [1.82, 2.24) is 9.97 Å². The van der Waals surface area contributed by atoms with Gasteiger partial charge in [-0.3, -0.25) is 4.79 Å². The zero-order chi connectivity index (χ0) is 15.4. The van der Waals surface area contributed by atoms with E-state index >= 15 is 0 Å². The largest absolute Gasteiger partial charge is 0.438 e. The summed E-state index contributed by atoms with van der Waals surface area (Å²) in [5.41, 5.74) is 5.65. The lowest BCUT2D eigenvalue weighted by atomic mass is 10.2. The molecule has 0 saturated heterocycles. The molecule has 1 heterocycles. The van der Waals surface area contributed by atoms with Gasteiger partial charge < -0.3 is 15.8 Å². The Bertz CT molecular complexity index is 656. The molecule has 0 aliphatic rings. The minimum atomic E-state index is -0.544. The fourth-order valence-corrected chi connectivity index (χ4v) is 1.75. The van der Waals surface area contributed by atoms with Gasteiger partial charge in [0.1, 0.15) is 17.4 Å². The highest BCUT2D eigenvalue weighted by Gasteiger charge is 2.13. The van der Waals surface area contributed by atoms with Crippen molar-refractivity contribution in [1.29, 1.82) is 0 Å². The van der Waals surface area contributed by atoms with Crippen LogP contribution in [0.4, 0.5) is 5.82 Å². The van der Waals surface area contributed by atoms with Gasteiger partial charge in [0.15, 0.2) is 0 Å². The van der Waals surface area contributed by atoms with Crippen molar-refractivity contribution in [2.24, 2.45) is 5.73 Å². The third kappa shape index (κ3) is 3.47. The Hall–Kier alpha value is -2.63. The predicted octanol–water partition coefficient (Wildman–Crippen LogP) is 2.53. The van der Waals surface area contributed by atoms with E-state index in [1.807, 2.05) is 13.8 Å². The molecule has 1 amide bonds. The van der Waals surface area contributed by atoms with Crippen LogP contribution in [-0.4, -0.2) is 22.9 Å². The Morgan fingerprint density at radius 3 is 2.62 bits per heavy atom. The van der Waals surface area contributed by atoms with Crippen molar-refractivity contribution < 1.29 is 9.53 Å². The van der Waals surface area contributed by atoms with Gasteiger partial charge >= 0.3 is 0 Å². The summed E-state index contributed by atoms with van der Waals surface area (Å²) in [5.74, 6) is 1.67. The number of nitrogens with two attached hydrogens (primary N) is 1. The molecule has 0 radical (unpaired) electrons. The van der Waals surface area contributed by atoms with Crippen LogP contribution in [0.25, 0.3) is 0 Å².